The molecule has 3 aromatic rings. The number of anilines is 1. The third-order valence-corrected chi connectivity index (χ3v) is 5.34. The Morgan fingerprint density at radius 3 is 2.64 bits per heavy atom. The van der Waals surface area contributed by atoms with E-state index in [1.807, 2.05) is 36.4 Å². The van der Waals surface area contributed by atoms with Crippen LogP contribution in [-0.2, 0) is 11.2 Å². The summed E-state index contributed by atoms with van der Waals surface area (Å²) in [6.45, 7) is 0. The lowest BCUT2D eigenvalue weighted by Crippen LogP contribution is -2.27. The van der Waals surface area contributed by atoms with Gasteiger partial charge in [0.1, 0.15) is 5.82 Å². The van der Waals surface area contributed by atoms with Crippen LogP contribution in [0.2, 0.25) is 0 Å². The summed E-state index contributed by atoms with van der Waals surface area (Å²) in [5.74, 6) is -1.78. The van der Waals surface area contributed by atoms with Gasteiger partial charge < -0.3 is 10.3 Å². The summed E-state index contributed by atoms with van der Waals surface area (Å²) in [5, 5.41) is 2.89. The zero-order valence-electron chi connectivity index (χ0n) is 15.6. The Labute approximate surface area is 162 Å². The first-order valence-corrected chi connectivity index (χ1v) is 9.67. The number of fused-ring (bicyclic) bond motifs is 1. The number of carbonyl (C=O) groups is 1. The second kappa shape index (κ2) is 7.70. The number of alkyl halides is 2. The van der Waals surface area contributed by atoms with Crippen molar-refractivity contribution in [3.8, 4) is 0 Å². The molecule has 0 spiro atoms. The number of imidazole rings is 1. The smallest absolute Gasteiger partial charge is 0.248 e. The van der Waals surface area contributed by atoms with Crippen LogP contribution in [0.25, 0.3) is 11.0 Å². The van der Waals surface area contributed by atoms with E-state index in [1.54, 1.807) is 0 Å². The number of H-pyrrole nitrogens is 1. The van der Waals surface area contributed by atoms with Gasteiger partial charge in [0.15, 0.2) is 0 Å². The average molecular weight is 383 g/mol. The zero-order chi connectivity index (χ0) is 19.6. The quantitative estimate of drug-likeness (QED) is 0.627. The Hall–Kier alpha value is -2.76. The molecule has 0 atom stereocenters. The monoisotopic (exact) mass is 383 g/mol. The molecule has 2 aromatic carbocycles. The van der Waals surface area contributed by atoms with Gasteiger partial charge in [0.2, 0.25) is 11.8 Å². The first-order chi connectivity index (χ1) is 13.5. The van der Waals surface area contributed by atoms with Gasteiger partial charge in [-0.3, -0.25) is 4.79 Å². The van der Waals surface area contributed by atoms with Crippen LogP contribution in [0.3, 0.4) is 0 Å². The SMILES string of the molecule is O=C(CC1CCC(F)(F)CC1)Nc1ccc2nc(Cc3ccccc3)[nH]c2c1. The molecule has 6 heteroatoms. The summed E-state index contributed by atoms with van der Waals surface area (Å²) in [7, 11) is 0. The number of carbonyl (C=O) groups excluding carboxylic acids is 1. The summed E-state index contributed by atoms with van der Waals surface area (Å²) in [6.07, 6.45) is 1.58. The van der Waals surface area contributed by atoms with Crippen LogP contribution in [0.1, 0.15) is 43.5 Å². The van der Waals surface area contributed by atoms with Gasteiger partial charge in [-0.05, 0) is 42.5 Å². The van der Waals surface area contributed by atoms with Gasteiger partial charge in [0.25, 0.3) is 0 Å². The third kappa shape index (κ3) is 4.55. The van der Waals surface area contributed by atoms with Crippen molar-refractivity contribution in [2.75, 3.05) is 5.32 Å². The predicted octanol–water partition coefficient (Wildman–Crippen LogP) is 5.31. The van der Waals surface area contributed by atoms with E-state index in [-0.39, 0.29) is 31.1 Å². The number of aromatic nitrogens is 2. The highest BCUT2D eigenvalue weighted by atomic mass is 19.3. The number of aromatic amines is 1. The molecule has 2 N–H and O–H groups in total. The maximum absolute atomic E-state index is 13.2. The standard InChI is InChI=1S/C22H23F2N3O/c23-22(24)10-8-16(9-11-22)13-21(28)25-17-6-7-18-19(14-17)27-20(26-18)12-15-4-2-1-3-5-15/h1-7,14,16H,8-13H2,(H,25,28)(H,26,27). The fourth-order valence-corrected chi connectivity index (χ4v) is 3.79. The van der Waals surface area contributed by atoms with Crippen LogP contribution in [0.15, 0.2) is 48.5 Å². The molecule has 0 bridgehead atoms. The normalized spacial score (nSPS) is 16.9. The van der Waals surface area contributed by atoms with Crippen molar-refractivity contribution in [3.63, 3.8) is 0 Å². The van der Waals surface area contributed by atoms with Gasteiger partial charge in [-0.1, -0.05) is 30.3 Å². The van der Waals surface area contributed by atoms with E-state index in [0.29, 0.717) is 24.9 Å². The number of hydrogen-bond donors (Lipinski definition) is 2. The number of amides is 1. The van der Waals surface area contributed by atoms with E-state index in [1.165, 1.54) is 5.56 Å². The number of nitrogens with zero attached hydrogens (tertiary/aromatic N) is 1. The van der Waals surface area contributed by atoms with E-state index >= 15 is 0 Å². The molecule has 1 heterocycles. The van der Waals surface area contributed by atoms with Crippen molar-refractivity contribution in [3.05, 3.63) is 59.9 Å². The maximum atomic E-state index is 13.2. The highest BCUT2D eigenvalue weighted by molar-refractivity contribution is 5.93. The minimum atomic E-state index is -2.56. The zero-order valence-corrected chi connectivity index (χ0v) is 15.6. The van der Waals surface area contributed by atoms with Gasteiger partial charge in [-0.2, -0.15) is 0 Å². The number of halogens is 2. The predicted molar refractivity (Wildman–Crippen MR) is 105 cm³/mol. The summed E-state index contributed by atoms with van der Waals surface area (Å²) in [4.78, 5) is 20.2. The van der Waals surface area contributed by atoms with Gasteiger partial charge in [-0.15, -0.1) is 0 Å². The number of benzene rings is 2. The lowest BCUT2D eigenvalue weighted by molar-refractivity contribution is -0.118. The van der Waals surface area contributed by atoms with Crippen molar-refractivity contribution in [1.29, 1.82) is 0 Å². The van der Waals surface area contributed by atoms with Crippen LogP contribution in [0.5, 0.6) is 0 Å². The Morgan fingerprint density at radius 1 is 1.14 bits per heavy atom. The minimum Gasteiger partial charge on any atom is -0.342 e. The fourth-order valence-electron chi connectivity index (χ4n) is 3.79. The Kier molecular flexibility index (Phi) is 5.11. The molecule has 4 nitrogen and oxygen atoms in total. The van der Waals surface area contributed by atoms with Crippen LogP contribution < -0.4 is 5.32 Å². The molecule has 1 aromatic heterocycles. The molecule has 0 aliphatic heterocycles. The molecule has 28 heavy (non-hydrogen) atoms. The van der Waals surface area contributed by atoms with Gasteiger partial charge in [-0.25, -0.2) is 13.8 Å². The van der Waals surface area contributed by atoms with Gasteiger partial charge in [0.05, 0.1) is 11.0 Å². The molecule has 1 amide bonds. The van der Waals surface area contributed by atoms with Crippen LogP contribution in [0, 0.1) is 5.92 Å². The summed E-state index contributed by atoms with van der Waals surface area (Å²) in [6, 6.07) is 15.7. The Bertz CT molecular complexity index is 958. The highest BCUT2D eigenvalue weighted by Gasteiger charge is 2.35. The summed E-state index contributed by atoms with van der Waals surface area (Å²) < 4.78 is 26.5. The number of rotatable bonds is 5. The third-order valence-electron chi connectivity index (χ3n) is 5.34. The van der Waals surface area contributed by atoms with Crippen molar-refractivity contribution in [1.82, 2.24) is 9.97 Å². The molecular weight excluding hydrogens is 360 g/mol. The topological polar surface area (TPSA) is 57.8 Å². The largest absolute Gasteiger partial charge is 0.342 e. The van der Waals surface area contributed by atoms with E-state index in [4.69, 9.17) is 0 Å². The van der Waals surface area contributed by atoms with E-state index in [0.717, 1.165) is 16.9 Å². The van der Waals surface area contributed by atoms with Crippen LogP contribution >= 0.6 is 0 Å². The molecule has 1 aliphatic rings. The summed E-state index contributed by atoms with van der Waals surface area (Å²) >= 11 is 0. The molecule has 146 valence electrons. The van der Waals surface area contributed by atoms with E-state index in [9.17, 15) is 13.6 Å². The molecule has 1 saturated carbocycles. The van der Waals surface area contributed by atoms with E-state index in [2.05, 4.69) is 27.4 Å². The number of nitrogens with one attached hydrogen (secondary N) is 2. The van der Waals surface area contributed by atoms with Crippen LogP contribution in [0.4, 0.5) is 14.5 Å². The Morgan fingerprint density at radius 2 is 1.89 bits per heavy atom. The van der Waals surface area contributed by atoms with Gasteiger partial charge >= 0.3 is 0 Å². The van der Waals surface area contributed by atoms with Crippen LogP contribution in [-0.4, -0.2) is 21.8 Å². The van der Waals surface area contributed by atoms with Crippen molar-refractivity contribution < 1.29 is 13.6 Å². The second-order valence-electron chi connectivity index (χ2n) is 7.63. The number of hydrogen-bond acceptors (Lipinski definition) is 2. The molecule has 0 unspecified atom stereocenters. The van der Waals surface area contributed by atoms with Crippen molar-refractivity contribution >= 4 is 22.6 Å². The van der Waals surface area contributed by atoms with Gasteiger partial charge in [0, 0.05) is 31.4 Å². The first-order valence-electron chi connectivity index (χ1n) is 9.67. The molecular formula is C22H23F2N3O. The molecule has 0 radical (unpaired) electrons. The lowest BCUT2D eigenvalue weighted by atomic mass is 9.84. The molecule has 1 aliphatic carbocycles. The molecule has 0 saturated heterocycles. The minimum absolute atomic E-state index is 0.0352. The average Bonchev–Trinajstić information content (AvgIpc) is 3.06. The lowest BCUT2D eigenvalue weighted by Gasteiger charge is -2.27. The van der Waals surface area contributed by atoms with Crippen molar-refractivity contribution in [2.24, 2.45) is 5.92 Å². The van der Waals surface area contributed by atoms with Crippen molar-refractivity contribution in [2.45, 2.75) is 44.4 Å². The van der Waals surface area contributed by atoms with E-state index < -0.39 is 5.92 Å². The summed E-state index contributed by atoms with van der Waals surface area (Å²) in [5.41, 5.74) is 3.57. The Balaban J connectivity index is 1.38. The highest BCUT2D eigenvalue weighted by Crippen LogP contribution is 2.37. The maximum Gasteiger partial charge on any atom is 0.248 e. The molecule has 1 fully saturated rings. The molecule has 4 rings (SSSR count). The first kappa shape index (κ1) is 18.6. The second-order valence-corrected chi connectivity index (χ2v) is 7.63. The fraction of sp³-hybridized carbons (Fsp3) is 0.364.